The third-order valence-corrected chi connectivity index (χ3v) is 4.63. The fourth-order valence-corrected chi connectivity index (χ4v) is 3.15. The molecule has 1 heterocycles. The summed E-state index contributed by atoms with van der Waals surface area (Å²) in [5, 5.41) is 0. The number of carbonyl (C=O) groups excluding carboxylic acids is 1. The van der Waals surface area contributed by atoms with Gasteiger partial charge in [-0.1, -0.05) is 6.42 Å². The van der Waals surface area contributed by atoms with Crippen LogP contribution in [-0.2, 0) is 19.7 Å². The maximum absolute atomic E-state index is 12.1. The lowest BCUT2D eigenvalue weighted by Gasteiger charge is -2.29. The third-order valence-electron chi connectivity index (χ3n) is 2.69. The highest BCUT2D eigenvalue weighted by Gasteiger charge is 2.29. The number of piperidine rings is 1. The number of carbonyl (C=O) groups is 1. The van der Waals surface area contributed by atoms with Crippen molar-refractivity contribution in [3.8, 4) is 0 Å². The topological polar surface area (TPSA) is 66.9 Å². The van der Waals surface area contributed by atoms with E-state index in [0.29, 0.717) is 13.1 Å². The van der Waals surface area contributed by atoms with E-state index in [1.165, 1.54) is 11.4 Å². The molecule has 0 bridgehead atoms. The Morgan fingerprint density at radius 1 is 1.29 bits per heavy atom. The Bertz CT molecular complexity index is 349. The molecule has 17 heavy (non-hydrogen) atoms. The second-order valence-electron chi connectivity index (χ2n) is 4.03. The molecule has 1 fully saturated rings. The molecule has 0 N–H and O–H groups in total. The summed E-state index contributed by atoms with van der Waals surface area (Å²) in [6.45, 7) is 2.80. The normalized spacial score (nSPS) is 18.3. The molecule has 0 spiro atoms. The molecule has 0 amide bonds. The van der Waals surface area contributed by atoms with Crippen molar-refractivity contribution in [2.24, 2.45) is 0 Å². The summed E-state index contributed by atoms with van der Waals surface area (Å²) < 4.78 is 31.3. The van der Waals surface area contributed by atoms with Crippen LogP contribution in [0.1, 0.15) is 26.2 Å². The molecule has 1 saturated heterocycles. The molecular weight excluding hydrogens is 244 g/mol. The van der Waals surface area contributed by atoms with E-state index in [2.05, 4.69) is 0 Å². The van der Waals surface area contributed by atoms with Gasteiger partial charge in [0, 0.05) is 20.1 Å². The lowest BCUT2D eigenvalue weighted by Crippen LogP contribution is -2.46. The van der Waals surface area contributed by atoms with Gasteiger partial charge in [0.1, 0.15) is 6.54 Å². The van der Waals surface area contributed by atoms with E-state index in [1.54, 1.807) is 6.92 Å². The molecule has 0 unspecified atom stereocenters. The molecule has 0 aliphatic carbocycles. The fourth-order valence-electron chi connectivity index (χ4n) is 1.76. The Labute approximate surface area is 103 Å². The number of rotatable bonds is 5. The summed E-state index contributed by atoms with van der Waals surface area (Å²) >= 11 is 0. The van der Waals surface area contributed by atoms with E-state index in [9.17, 15) is 13.2 Å². The van der Waals surface area contributed by atoms with Crippen molar-refractivity contribution < 1.29 is 17.9 Å². The van der Waals surface area contributed by atoms with E-state index < -0.39 is 16.2 Å². The van der Waals surface area contributed by atoms with E-state index in [1.807, 2.05) is 0 Å². The lowest BCUT2D eigenvalue weighted by molar-refractivity contribution is -0.143. The predicted molar refractivity (Wildman–Crippen MR) is 63.6 cm³/mol. The molecule has 1 aliphatic heterocycles. The zero-order valence-electron chi connectivity index (χ0n) is 10.4. The van der Waals surface area contributed by atoms with Gasteiger partial charge in [0.15, 0.2) is 0 Å². The van der Waals surface area contributed by atoms with Crippen molar-refractivity contribution in [1.82, 2.24) is 8.61 Å². The summed E-state index contributed by atoms with van der Waals surface area (Å²) in [5.41, 5.74) is 0. The summed E-state index contributed by atoms with van der Waals surface area (Å²) in [7, 11) is -2.11. The monoisotopic (exact) mass is 264 g/mol. The van der Waals surface area contributed by atoms with Crippen LogP contribution in [0.2, 0.25) is 0 Å². The van der Waals surface area contributed by atoms with Gasteiger partial charge in [0.05, 0.1) is 6.61 Å². The number of nitrogens with zero attached hydrogens (tertiary/aromatic N) is 2. The Morgan fingerprint density at radius 2 is 1.88 bits per heavy atom. The summed E-state index contributed by atoms with van der Waals surface area (Å²) in [6.07, 6.45) is 2.83. The highest BCUT2D eigenvalue weighted by Crippen LogP contribution is 2.15. The van der Waals surface area contributed by atoms with Crippen LogP contribution in [0.4, 0.5) is 0 Å². The number of hydrogen-bond donors (Lipinski definition) is 0. The first-order chi connectivity index (χ1) is 7.98. The first-order valence-electron chi connectivity index (χ1n) is 5.85. The SMILES string of the molecule is CCOC(=O)CN(C)S(=O)(=O)N1CCCCC1. The van der Waals surface area contributed by atoms with Crippen LogP contribution in [0.5, 0.6) is 0 Å². The van der Waals surface area contributed by atoms with Gasteiger partial charge in [-0.05, 0) is 19.8 Å². The van der Waals surface area contributed by atoms with Gasteiger partial charge in [-0.25, -0.2) is 0 Å². The molecular formula is C10H20N2O4S. The molecule has 0 saturated carbocycles. The maximum atomic E-state index is 12.1. The number of likely N-dealkylation sites (N-methyl/N-ethyl adjacent to an activating group) is 1. The molecule has 6 nitrogen and oxygen atoms in total. The highest BCUT2D eigenvalue weighted by atomic mass is 32.2. The second kappa shape index (κ2) is 6.32. The average Bonchev–Trinajstić information content (AvgIpc) is 2.30. The molecule has 7 heteroatoms. The zero-order chi connectivity index (χ0) is 12.9. The Kier molecular flexibility index (Phi) is 5.35. The van der Waals surface area contributed by atoms with Crippen molar-refractivity contribution in [3.05, 3.63) is 0 Å². The van der Waals surface area contributed by atoms with Crippen LogP contribution in [0, 0.1) is 0 Å². The fraction of sp³-hybridized carbons (Fsp3) is 0.900. The summed E-state index contributed by atoms with van der Waals surface area (Å²) in [5.74, 6) is -0.518. The molecule has 0 atom stereocenters. The third kappa shape index (κ3) is 3.93. The molecule has 1 aliphatic rings. The Morgan fingerprint density at radius 3 is 2.41 bits per heavy atom. The van der Waals surface area contributed by atoms with Crippen LogP contribution in [0.15, 0.2) is 0 Å². The minimum absolute atomic E-state index is 0.229. The van der Waals surface area contributed by atoms with Crippen LogP contribution in [0.3, 0.4) is 0 Å². The standard InChI is InChI=1S/C10H20N2O4S/c1-3-16-10(13)9-11(2)17(14,15)12-7-5-4-6-8-12/h3-9H2,1-2H3. The van der Waals surface area contributed by atoms with Crippen LogP contribution < -0.4 is 0 Å². The quantitative estimate of drug-likeness (QED) is 0.666. The van der Waals surface area contributed by atoms with Crippen LogP contribution in [0.25, 0.3) is 0 Å². The van der Waals surface area contributed by atoms with Gasteiger partial charge in [0.25, 0.3) is 10.2 Å². The van der Waals surface area contributed by atoms with Gasteiger partial charge >= 0.3 is 5.97 Å². The van der Waals surface area contributed by atoms with Gasteiger partial charge in [-0.3, -0.25) is 4.79 Å². The predicted octanol–water partition coefficient (Wildman–Crippen LogP) is 0.212. The van der Waals surface area contributed by atoms with Gasteiger partial charge in [-0.15, -0.1) is 0 Å². The first kappa shape index (κ1) is 14.4. The smallest absolute Gasteiger partial charge is 0.321 e. The first-order valence-corrected chi connectivity index (χ1v) is 7.25. The van der Waals surface area contributed by atoms with Gasteiger partial charge in [-0.2, -0.15) is 17.0 Å². The zero-order valence-corrected chi connectivity index (χ0v) is 11.2. The maximum Gasteiger partial charge on any atom is 0.321 e. The number of esters is 1. The second-order valence-corrected chi connectivity index (χ2v) is 6.06. The molecule has 0 aromatic carbocycles. The molecule has 100 valence electrons. The highest BCUT2D eigenvalue weighted by molar-refractivity contribution is 7.86. The van der Waals surface area contributed by atoms with Crippen molar-refractivity contribution in [2.45, 2.75) is 26.2 Å². The lowest BCUT2D eigenvalue weighted by atomic mass is 10.2. The minimum Gasteiger partial charge on any atom is -0.465 e. The van der Waals surface area contributed by atoms with Crippen molar-refractivity contribution in [3.63, 3.8) is 0 Å². The van der Waals surface area contributed by atoms with Crippen molar-refractivity contribution in [2.75, 3.05) is 33.3 Å². The summed E-state index contributed by atoms with van der Waals surface area (Å²) in [6, 6.07) is 0. The van der Waals surface area contributed by atoms with Crippen LogP contribution >= 0.6 is 0 Å². The summed E-state index contributed by atoms with van der Waals surface area (Å²) in [4.78, 5) is 11.2. The van der Waals surface area contributed by atoms with Crippen molar-refractivity contribution in [1.29, 1.82) is 0 Å². The number of hydrogen-bond acceptors (Lipinski definition) is 4. The van der Waals surface area contributed by atoms with E-state index in [4.69, 9.17) is 4.74 Å². The molecule has 0 aromatic rings. The Balaban J connectivity index is 2.59. The largest absolute Gasteiger partial charge is 0.465 e. The Hall–Kier alpha value is -0.660. The van der Waals surface area contributed by atoms with E-state index in [-0.39, 0.29) is 13.2 Å². The number of ether oxygens (including phenoxy) is 1. The van der Waals surface area contributed by atoms with E-state index in [0.717, 1.165) is 23.6 Å². The van der Waals surface area contributed by atoms with Gasteiger partial charge in [0.2, 0.25) is 0 Å². The minimum atomic E-state index is -3.51. The van der Waals surface area contributed by atoms with Gasteiger partial charge < -0.3 is 4.74 Å². The molecule has 0 radical (unpaired) electrons. The van der Waals surface area contributed by atoms with Crippen molar-refractivity contribution >= 4 is 16.2 Å². The van der Waals surface area contributed by atoms with Crippen LogP contribution in [-0.4, -0.2) is 56.3 Å². The molecule has 0 aromatic heterocycles. The average molecular weight is 264 g/mol. The van der Waals surface area contributed by atoms with E-state index >= 15 is 0 Å². The molecule has 1 rings (SSSR count).